The standard InChI is InChI=1S/C15H26N4O3S/c16-6-1-9-23(20,21)19-7-4-13(5-8-19)17-11-14-10-15(22-18-14)12-2-3-12/h10,12-13,17H,1-9,11,16H2. The zero-order chi connectivity index (χ0) is 16.3. The van der Waals surface area contributed by atoms with Crippen LogP contribution >= 0.6 is 0 Å². The smallest absolute Gasteiger partial charge is 0.214 e. The van der Waals surface area contributed by atoms with Gasteiger partial charge < -0.3 is 15.6 Å². The first-order valence-electron chi connectivity index (χ1n) is 8.45. The van der Waals surface area contributed by atoms with E-state index in [2.05, 4.69) is 10.5 Å². The van der Waals surface area contributed by atoms with Gasteiger partial charge in [0.2, 0.25) is 10.0 Å². The summed E-state index contributed by atoms with van der Waals surface area (Å²) in [6.07, 6.45) is 4.60. The van der Waals surface area contributed by atoms with Crippen molar-refractivity contribution in [3.05, 3.63) is 17.5 Å². The molecular weight excluding hydrogens is 316 g/mol. The van der Waals surface area contributed by atoms with Gasteiger partial charge >= 0.3 is 0 Å². The molecule has 1 saturated carbocycles. The minimum absolute atomic E-state index is 0.157. The van der Waals surface area contributed by atoms with Crippen molar-refractivity contribution in [2.75, 3.05) is 25.4 Å². The molecule has 2 heterocycles. The quantitative estimate of drug-likeness (QED) is 0.724. The Kier molecular flexibility index (Phi) is 5.35. The summed E-state index contributed by atoms with van der Waals surface area (Å²) in [6, 6.07) is 2.37. The van der Waals surface area contributed by atoms with Crippen LogP contribution in [0.1, 0.15) is 49.5 Å². The molecule has 1 saturated heterocycles. The molecule has 0 bridgehead atoms. The third-order valence-corrected chi connectivity index (χ3v) is 6.54. The van der Waals surface area contributed by atoms with Gasteiger partial charge in [-0.2, -0.15) is 0 Å². The number of piperidine rings is 1. The zero-order valence-electron chi connectivity index (χ0n) is 13.4. The molecule has 0 radical (unpaired) electrons. The second-order valence-corrected chi connectivity index (χ2v) is 8.60. The number of sulfonamides is 1. The van der Waals surface area contributed by atoms with Crippen molar-refractivity contribution in [2.45, 2.75) is 50.6 Å². The molecule has 0 aromatic carbocycles. The lowest BCUT2D eigenvalue weighted by Gasteiger charge is -2.31. The summed E-state index contributed by atoms with van der Waals surface area (Å²) in [4.78, 5) is 0. The second kappa shape index (κ2) is 7.29. The average Bonchev–Trinajstić information content (AvgIpc) is 3.30. The van der Waals surface area contributed by atoms with E-state index >= 15 is 0 Å². The summed E-state index contributed by atoms with van der Waals surface area (Å²) >= 11 is 0. The highest BCUT2D eigenvalue weighted by molar-refractivity contribution is 7.89. The minimum Gasteiger partial charge on any atom is -0.361 e. The molecule has 1 aliphatic carbocycles. The van der Waals surface area contributed by atoms with Crippen LogP contribution in [-0.2, 0) is 16.6 Å². The maximum atomic E-state index is 12.1. The molecule has 1 aromatic heterocycles. The van der Waals surface area contributed by atoms with Crippen LogP contribution in [0.15, 0.2) is 10.6 Å². The van der Waals surface area contributed by atoms with Gasteiger partial charge in [-0.1, -0.05) is 5.16 Å². The molecule has 1 aliphatic heterocycles. The lowest BCUT2D eigenvalue weighted by atomic mass is 10.1. The first-order chi connectivity index (χ1) is 11.1. The molecular formula is C15H26N4O3S. The van der Waals surface area contributed by atoms with Crippen molar-refractivity contribution in [3.8, 4) is 0 Å². The van der Waals surface area contributed by atoms with Crippen molar-refractivity contribution >= 4 is 10.0 Å². The Bertz CT molecular complexity index is 604. The zero-order valence-corrected chi connectivity index (χ0v) is 14.2. The molecule has 3 rings (SSSR count). The summed E-state index contributed by atoms with van der Waals surface area (Å²) < 4.78 is 31.2. The van der Waals surface area contributed by atoms with Crippen LogP contribution < -0.4 is 11.1 Å². The maximum absolute atomic E-state index is 12.1. The van der Waals surface area contributed by atoms with Gasteiger partial charge in [-0.3, -0.25) is 0 Å². The van der Waals surface area contributed by atoms with Gasteiger partial charge in [0.05, 0.1) is 11.4 Å². The predicted molar refractivity (Wildman–Crippen MR) is 87.4 cm³/mol. The van der Waals surface area contributed by atoms with Crippen molar-refractivity contribution in [2.24, 2.45) is 5.73 Å². The third kappa shape index (κ3) is 4.53. The Labute approximate surface area is 137 Å². The molecule has 7 nitrogen and oxygen atoms in total. The Morgan fingerprint density at radius 2 is 2.04 bits per heavy atom. The fraction of sp³-hybridized carbons (Fsp3) is 0.800. The van der Waals surface area contributed by atoms with Crippen molar-refractivity contribution in [1.82, 2.24) is 14.8 Å². The van der Waals surface area contributed by atoms with Gasteiger partial charge in [0, 0.05) is 37.7 Å². The molecule has 23 heavy (non-hydrogen) atoms. The third-order valence-electron chi connectivity index (χ3n) is 4.58. The lowest BCUT2D eigenvalue weighted by Crippen LogP contribution is -2.45. The molecule has 0 unspecified atom stereocenters. The van der Waals surface area contributed by atoms with Crippen LogP contribution in [-0.4, -0.2) is 49.3 Å². The Balaban J connectivity index is 1.41. The Hall–Kier alpha value is -0.960. The van der Waals surface area contributed by atoms with E-state index in [0.717, 1.165) is 24.3 Å². The van der Waals surface area contributed by atoms with Gasteiger partial charge in [-0.05, 0) is 38.6 Å². The normalized spacial score (nSPS) is 20.9. The van der Waals surface area contributed by atoms with Crippen LogP contribution in [0.25, 0.3) is 0 Å². The van der Waals surface area contributed by atoms with E-state index in [-0.39, 0.29) is 5.75 Å². The minimum atomic E-state index is -3.14. The van der Waals surface area contributed by atoms with Gasteiger partial charge in [-0.15, -0.1) is 0 Å². The van der Waals surface area contributed by atoms with Gasteiger partial charge in [0.25, 0.3) is 0 Å². The van der Waals surface area contributed by atoms with Crippen molar-refractivity contribution in [1.29, 1.82) is 0 Å². The monoisotopic (exact) mass is 342 g/mol. The number of rotatable bonds is 8. The molecule has 2 fully saturated rings. The highest BCUT2D eigenvalue weighted by atomic mass is 32.2. The van der Waals surface area contributed by atoms with Gasteiger partial charge in [0.15, 0.2) is 0 Å². The molecule has 0 spiro atoms. The number of hydrogen-bond donors (Lipinski definition) is 2. The summed E-state index contributed by atoms with van der Waals surface area (Å²) in [6.45, 7) is 2.26. The summed E-state index contributed by atoms with van der Waals surface area (Å²) in [5.74, 6) is 1.74. The molecule has 130 valence electrons. The first kappa shape index (κ1) is 16.9. The van der Waals surface area contributed by atoms with E-state index in [1.54, 1.807) is 4.31 Å². The first-order valence-corrected chi connectivity index (χ1v) is 10.1. The van der Waals surface area contributed by atoms with Gasteiger partial charge in [-0.25, -0.2) is 12.7 Å². The fourth-order valence-corrected chi connectivity index (χ4v) is 4.51. The van der Waals surface area contributed by atoms with Crippen LogP contribution in [0.4, 0.5) is 0 Å². The van der Waals surface area contributed by atoms with Gasteiger partial charge in [0.1, 0.15) is 5.76 Å². The number of nitrogens with one attached hydrogen (secondary N) is 1. The highest BCUT2D eigenvalue weighted by Crippen LogP contribution is 2.40. The largest absolute Gasteiger partial charge is 0.361 e. The molecule has 1 aromatic rings. The molecule has 3 N–H and O–H groups in total. The van der Waals surface area contributed by atoms with Crippen LogP contribution in [0.3, 0.4) is 0 Å². The van der Waals surface area contributed by atoms with E-state index in [4.69, 9.17) is 10.3 Å². The topological polar surface area (TPSA) is 101 Å². The highest BCUT2D eigenvalue weighted by Gasteiger charge is 2.29. The summed E-state index contributed by atoms with van der Waals surface area (Å²) in [7, 11) is -3.14. The molecule has 0 amide bonds. The fourth-order valence-electron chi connectivity index (χ4n) is 2.95. The molecule has 8 heteroatoms. The molecule has 0 atom stereocenters. The van der Waals surface area contributed by atoms with Crippen LogP contribution in [0, 0.1) is 0 Å². The van der Waals surface area contributed by atoms with E-state index in [1.807, 2.05) is 6.07 Å². The van der Waals surface area contributed by atoms with E-state index in [1.165, 1.54) is 12.8 Å². The predicted octanol–water partition coefficient (Wildman–Crippen LogP) is 0.785. The van der Waals surface area contributed by atoms with Crippen molar-refractivity contribution < 1.29 is 12.9 Å². The van der Waals surface area contributed by atoms with E-state index in [0.29, 0.717) is 44.6 Å². The van der Waals surface area contributed by atoms with Crippen LogP contribution in [0.5, 0.6) is 0 Å². The maximum Gasteiger partial charge on any atom is 0.214 e. The summed E-state index contributed by atoms with van der Waals surface area (Å²) in [5.41, 5.74) is 6.33. The number of nitrogens with zero attached hydrogens (tertiary/aromatic N) is 2. The number of nitrogens with two attached hydrogens (primary N) is 1. The number of aromatic nitrogens is 1. The van der Waals surface area contributed by atoms with E-state index < -0.39 is 10.0 Å². The van der Waals surface area contributed by atoms with Crippen LogP contribution in [0.2, 0.25) is 0 Å². The Morgan fingerprint density at radius 3 is 2.70 bits per heavy atom. The second-order valence-electron chi connectivity index (χ2n) is 6.51. The lowest BCUT2D eigenvalue weighted by molar-refractivity contribution is 0.286. The molecule has 2 aliphatic rings. The SMILES string of the molecule is NCCCS(=O)(=O)N1CCC(NCc2cc(C3CC3)on2)CC1. The number of hydrogen-bond acceptors (Lipinski definition) is 6. The van der Waals surface area contributed by atoms with E-state index in [9.17, 15) is 8.42 Å². The average molecular weight is 342 g/mol. The summed E-state index contributed by atoms with van der Waals surface area (Å²) in [5, 5.41) is 7.56. The Morgan fingerprint density at radius 1 is 1.30 bits per heavy atom. The van der Waals surface area contributed by atoms with Crippen molar-refractivity contribution in [3.63, 3.8) is 0 Å².